The number of hydrogen-bond acceptors (Lipinski definition) is 5. The number of halogens is 2. The van der Waals surface area contributed by atoms with E-state index in [0.717, 1.165) is 11.1 Å². The van der Waals surface area contributed by atoms with Crippen LogP contribution in [0.4, 0.5) is 4.39 Å². The SMILES string of the molecule is Cc1ccc(C(=O)CCCn2c(C#N)ccc2C(=O)NCc2c(F)cccc2Cl)cc1C#Cc1cnc2cccnn12. The normalized spacial score (nSPS) is 10.6. The van der Waals surface area contributed by atoms with Gasteiger partial charge in [-0.2, -0.15) is 10.4 Å². The van der Waals surface area contributed by atoms with Crippen LogP contribution in [0.3, 0.4) is 0 Å². The molecule has 0 atom stereocenters. The van der Waals surface area contributed by atoms with E-state index in [1.165, 1.54) is 24.3 Å². The fourth-order valence-electron chi connectivity index (χ4n) is 4.48. The van der Waals surface area contributed by atoms with Gasteiger partial charge in [-0.15, -0.1) is 0 Å². The summed E-state index contributed by atoms with van der Waals surface area (Å²) in [6.07, 6.45) is 3.90. The minimum absolute atomic E-state index is 0.0830. The molecule has 0 bridgehead atoms. The van der Waals surface area contributed by atoms with Crippen LogP contribution in [-0.2, 0) is 13.1 Å². The Bertz CT molecular complexity index is 1900. The Kier molecular flexibility index (Phi) is 8.42. The summed E-state index contributed by atoms with van der Waals surface area (Å²) in [5, 5.41) is 16.7. The molecule has 0 radical (unpaired) electrons. The summed E-state index contributed by atoms with van der Waals surface area (Å²) in [5.41, 5.74) is 4.20. The van der Waals surface area contributed by atoms with Crippen LogP contribution in [0.25, 0.3) is 5.65 Å². The molecule has 10 heteroatoms. The molecule has 208 valence electrons. The van der Waals surface area contributed by atoms with Gasteiger partial charge in [-0.25, -0.2) is 13.9 Å². The molecule has 0 unspecified atom stereocenters. The summed E-state index contributed by atoms with van der Waals surface area (Å²) in [4.78, 5) is 30.3. The minimum atomic E-state index is -0.521. The number of hydrogen-bond donors (Lipinski definition) is 1. The van der Waals surface area contributed by atoms with E-state index < -0.39 is 11.7 Å². The second kappa shape index (κ2) is 12.5. The third kappa shape index (κ3) is 6.07. The number of rotatable bonds is 8. The highest BCUT2D eigenvalue weighted by atomic mass is 35.5. The summed E-state index contributed by atoms with van der Waals surface area (Å²) >= 11 is 6.06. The third-order valence-electron chi connectivity index (χ3n) is 6.76. The molecule has 1 amide bonds. The molecule has 0 aliphatic heterocycles. The molecule has 5 aromatic rings. The monoisotopic (exact) mass is 578 g/mol. The molecule has 0 aliphatic carbocycles. The lowest BCUT2D eigenvalue weighted by atomic mass is 10.0. The highest BCUT2D eigenvalue weighted by Gasteiger charge is 2.17. The van der Waals surface area contributed by atoms with Crippen LogP contribution in [-0.4, -0.2) is 30.9 Å². The van der Waals surface area contributed by atoms with Crippen molar-refractivity contribution < 1.29 is 14.0 Å². The number of carbonyl (C=O) groups excluding carboxylic acids is 2. The van der Waals surface area contributed by atoms with Crippen LogP contribution in [0, 0.1) is 35.9 Å². The topological polar surface area (TPSA) is 105 Å². The number of aryl methyl sites for hydroxylation is 1. The van der Waals surface area contributed by atoms with Crippen LogP contribution < -0.4 is 5.32 Å². The first-order valence-corrected chi connectivity index (χ1v) is 13.5. The number of carbonyl (C=O) groups is 2. The Morgan fingerprint density at radius 2 is 1.93 bits per heavy atom. The number of aromatic nitrogens is 4. The summed E-state index contributed by atoms with van der Waals surface area (Å²) in [5.74, 6) is 5.13. The zero-order valence-electron chi connectivity index (χ0n) is 22.6. The maximum absolute atomic E-state index is 14.1. The van der Waals surface area contributed by atoms with Crippen LogP contribution in [0.1, 0.15) is 61.8 Å². The first-order chi connectivity index (χ1) is 20.4. The zero-order valence-corrected chi connectivity index (χ0v) is 23.3. The Labute approximate surface area is 246 Å². The fraction of sp³-hybridized carbons (Fsp3) is 0.156. The van der Waals surface area contributed by atoms with Gasteiger partial charge in [0.1, 0.15) is 29.0 Å². The van der Waals surface area contributed by atoms with Gasteiger partial charge >= 0.3 is 0 Å². The maximum atomic E-state index is 14.1. The average molecular weight is 579 g/mol. The van der Waals surface area contributed by atoms with Crippen LogP contribution in [0.15, 0.2) is 73.1 Å². The van der Waals surface area contributed by atoms with Crippen molar-refractivity contribution >= 4 is 28.9 Å². The Balaban J connectivity index is 1.25. The molecule has 0 aliphatic rings. The van der Waals surface area contributed by atoms with E-state index in [0.29, 0.717) is 23.3 Å². The van der Waals surface area contributed by atoms with Crippen LogP contribution in [0.5, 0.6) is 0 Å². The molecule has 2 aromatic carbocycles. The smallest absolute Gasteiger partial charge is 0.268 e. The van der Waals surface area contributed by atoms with Gasteiger partial charge < -0.3 is 9.88 Å². The number of benzene rings is 2. The van der Waals surface area contributed by atoms with Gasteiger partial charge in [-0.05, 0) is 67.3 Å². The first-order valence-electron chi connectivity index (χ1n) is 13.1. The number of nitrogens with one attached hydrogen (secondary N) is 1. The number of nitrogens with zero attached hydrogens (tertiary/aromatic N) is 5. The summed E-state index contributed by atoms with van der Waals surface area (Å²) in [6.45, 7) is 2.08. The lowest BCUT2D eigenvalue weighted by Crippen LogP contribution is -2.26. The van der Waals surface area contributed by atoms with Gasteiger partial charge in [0.25, 0.3) is 5.91 Å². The molecule has 3 heterocycles. The largest absolute Gasteiger partial charge is 0.347 e. The van der Waals surface area contributed by atoms with Crippen molar-refractivity contribution in [3.63, 3.8) is 0 Å². The number of Topliss-reactive ketones (excluding diaryl/α,β-unsaturated/α-hetero) is 1. The predicted octanol–water partition coefficient (Wildman–Crippen LogP) is 5.50. The third-order valence-corrected chi connectivity index (χ3v) is 7.12. The number of ketones is 1. The molecule has 5 rings (SSSR count). The predicted molar refractivity (Wildman–Crippen MR) is 155 cm³/mol. The van der Waals surface area contributed by atoms with Crippen molar-refractivity contribution in [2.45, 2.75) is 32.9 Å². The molecular weight excluding hydrogens is 555 g/mol. The first kappa shape index (κ1) is 28.3. The molecule has 8 nitrogen and oxygen atoms in total. The fourth-order valence-corrected chi connectivity index (χ4v) is 4.71. The second-order valence-corrected chi connectivity index (χ2v) is 9.90. The zero-order chi connectivity index (χ0) is 29.6. The van der Waals surface area contributed by atoms with Crippen LogP contribution >= 0.6 is 11.6 Å². The molecule has 0 saturated heterocycles. The molecular formula is C32H24ClFN6O2. The van der Waals surface area contributed by atoms with Gasteiger partial charge in [0, 0.05) is 47.4 Å². The lowest BCUT2D eigenvalue weighted by molar-refractivity contribution is 0.0941. The van der Waals surface area contributed by atoms with E-state index in [4.69, 9.17) is 11.6 Å². The average Bonchev–Trinajstić information content (AvgIpc) is 3.60. The number of imidazole rings is 1. The van der Waals surface area contributed by atoms with E-state index >= 15 is 0 Å². The van der Waals surface area contributed by atoms with E-state index in [1.807, 2.05) is 19.1 Å². The van der Waals surface area contributed by atoms with Crippen molar-refractivity contribution in [1.82, 2.24) is 24.5 Å². The molecule has 0 spiro atoms. The minimum Gasteiger partial charge on any atom is -0.347 e. The highest BCUT2D eigenvalue weighted by Crippen LogP contribution is 2.19. The molecule has 42 heavy (non-hydrogen) atoms. The van der Waals surface area contributed by atoms with Gasteiger partial charge in [0.2, 0.25) is 0 Å². The van der Waals surface area contributed by atoms with Crippen molar-refractivity contribution in [1.29, 1.82) is 5.26 Å². The van der Waals surface area contributed by atoms with Crippen LogP contribution in [0.2, 0.25) is 5.02 Å². The molecule has 0 fully saturated rings. The standard InChI is InChI=1S/C32H24ClFN6O2/c1-21-9-10-23(17-22(21)11-12-25-19-36-31-8-3-15-38-40(25)31)30(41)7-4-16-39-24(18-35)13-14-29(39)32(42)37-20-26-27(33)5-2-6-28(26)34/h2-3,5-6,8-10,13-15,17,19H,4,7,16,20H2,1H3,(H,37,42). The van der Waals surface area contributed by atoms with Crippen molar-refractivity contribution in [3.05, 3.63) is 123 Å². The quantitative estimate of drug-likeness (QED) is 0.193. The molecule has 3 aromatic heterocycles. The van der Waals surface area contributed by atoms with Crippen molar-refractivity contribution in [3.8, 4) is 17.9 Å². The van der Waals surface area contributed by atoms with Crippen molar-refractivity contribution in [2.75, 3.05) is 0 Å². The summed E-state index contributed by atoms with van der Waals surface area (Å²) < 4.78 is 17.3. The van der Waals surface area contributed by atoms with Crippen molar-refractivity contribution in [2.24, 2.45) is 0 Å². The Morgan fingerprint density at radius 1 is 1.07 bits per heavy atom. The van der Waals surface area contributed by atoms with E-state index in [-0.39, 0.29) is 47.3 Å². The van der Waals surface area contributed by atoms with Gasteiger partial charge in [0.05, 0.1) is 6.20 Å². The highest BCUT2D eigenvalue weighted by molar-refractivity contribution is 6.31. The number of amides is 1. The van der Waals surface area contributed by atoms with E-state index in [1.54, 1.807) is 45.7 Å². The Morgan fingerprint density at radius 3 is 2.74 bits per heavy atom. The number of nitriles is 1. The van der Waals surface area contributed by atoms with E-state index in [2.05, 4.69) is 33.3 Å². The lowest BCUT2D eigenvalue weighted by Gasteiger charge is -2.12. The molecule has 0 saturated carbocycles. The maximum Gasteiger partial charge on any atom is 0.268 e. The van der Waals surface area contributed by atoms with Gasteiger partial charge in [-0.3, -0.25) is 9.59 Å². The number of fused-ring (bicyclic) bond motifs is 1. The summed E-state index contributed by atoms with van der Waals surface area (Å²) in [7, 11) is 0. The molecule has 1 N–H and O–H groups in total. The summed E-state index contributed by atoms with van der Waals surface area (Å²) in [6, 6.07) is 18.5. The Hall–Kier alpha value is -5.25. The second-order valence-electron chi connectivity index (χ2n) is 9.49. The van der Waals surface area contributed by atoms with E-state index in [9.17, 15) is 19.2 Å². The van der Waals surface area contributed by atoms with Gasteiger partial charge in [-0.1, -0.05) is 35.7 Å². The van der Waals surface area contributed by atoms with Gasteiger partial charge in [0.15, 0.2) is 11.4 Å².